The Morgan fingerprint density at radius 1 is 0.354 bits per heavy atom. The lowest BCUT2D eigenvalue weighted by Gasteiger charge is -2.14. The van der Waals surface area contributed by atoms with Gasteiger partial charge in [-0.3, -0.25) is 0 Å². The predicted octanol–water partition coefficient (Wildman–Crippen LogP) is 12.6. The second-order valence-electron chi connectivity index (χ2n) is 13.2. The van der Waals surface area contributed by atoms with Gasteiger partial charge in [0.1, 0.15) is 0 Å². The van der Waals surface area contributed by atoms with Crippen LogP contribution < -0.4 is 0 Å². The van der Waals surface area contributed by atoms with Gasteiger partial charge in [-0.25, -0.2) is 0 Å². The first kappa shape index (κ1) is 25.9. The minimum Gasteiger partial charge on any atom is -0.309 e. The van der Waals surface area contributed by atoms with E-state index in [9.17, 15) is 0 Å². The molecular weight excluding hydrogens is 579 g/mol. The molecule has 48 heavy (non-hydrogen) atoms. The molecule has 0 radical (unpaired) electrons. The Morgan fingerprint density at radius 2 is 0.938 bits per heavy atom. The van der Waals surface area contributed by atoms with E-state index in [4.69, 9.17) is 0 Å². The zero-order chi connectivity index (χ0) is 31.3. The summed E-state index contributed by atoms with van der Waals surface area (Å²) in [4.78, 5) is 0. The van der Waals surface area contributed by atoms with Crippen LogP contribution in [0.3, 0.4) is 0 Å². The van der Waals surface area contributed by atoms with Gasteiger partial charge in [0, 0.05) is 17.2 Å². The van der Waals surface area contributed by atoms with Gasteiger partial charge in [-0.2, -0.15) is 0 Å². The molecule has 0 spiro atoms. The lowest BCUT2D eigenvalue weighted by Crippen LogP contribution is -1.99. The monoisotopic (exact) mass is 607 g/mol. The number of rotatable bonds is 2. The third-order valence-electron chi connectivity index (χ3n) is 10.8. The molecular formula is C47H29N. The number of para-hydroxylation sites is 1. The van der Waals surface area contributed by atoms with E-state index >= 15 is 0 Å². The summed E-state index contributed by atoms with van der Waals surface area (Å²) in [5, 5.41) is 13.1. The highest BCUT2D eigenvalue weighted by Crippen LogP contribution is 2.47. The fraction of sp³-hybridized carbons (Fsp3) is 0.0213. The zero-order valence-electron chi connectivity index (χ0n) is 26.2. The van der Waals surface area contributed by atoms with Gasteiger partial charge in [-0.1, -0.05) is 140 Å². The minimum absolute atomic E-state index is 0.898. The molecule has 0 saturated heterocycles. The smallest absolute Gasteiger partial charge is 0.0547 e. The van der Waals surface area contributed by atoms with Gasteiger partial charge < -0.3 is 4.57 Å². The summed E-state index contributed by atoms with van der Waals surface area (Å²) in [6, 6.07) is 60.8. The van der Waals surface area contributed by atoms with Crippen LogP contribution in [0.5, 0.6) is 0 Å². The zero-order valence-corrected chi connectivity index (χ0v) is 26.2. The molecule has 0 fully saturated rings. The van der Waals surface area contributed by atoms with Crippen LogP contribution >= 0.6 is 0 Å². The van der Waals surface area contributed by atoms with Crippen LogP contribution in [0, 0.1) is 0 Å². The third-order valence-corrected chi connectivity index (χ3v) is 10.8. The molecule has 0 bridgehead atoms. The summed E-state index contributed by atoms with van der Waals surface area (Å²) in [7, 11) is 0. The largest absolute Gasteiger partial charge is 0.309 e. The Labute approximate surface area is 277 Å². The lowest BCUT2D eigenvalue weighted by molar-refractivity contribution is 1.12. The van der Waals surface area contributed by atoms with Crippen LogP contribution in [0.25, 0.3) is 92.8 Å². The number of nitrogens with zero attached hydrogens (tertiary/aromatic N) is 1. The van der Waals surface area contributed by atoms with Crippen molar-refractivity contribution in [2.75, 3.05) is 0 Å². The lowest BCUT2D eigenvalue weighted by atomic mass is 9.90. The van der Waals surface area contributed by atoms with E-state index in [0.717, 1.165) is 6.42 Å². The van der Waals surface area contributed by atoms with Crippen molar-refractivity contribution >= 4 is 64.9 Å². The van der Waals surface area contributed by atoms with E-state index in [1.54, 1.807) is 0 Å². The molecule has 0 aliphatic heterocycles. The Bertz CT molecular complexity index is 2940. The van der Waals surface area contributed by atoms with Crippen molar-refractivity contribution in [2.45, 2.75) is 6.42 Å². The van der Waals surface area contributed by atoms with Crippen LogP contribution in [0.4, 0.5) is 0 Å². The highest BCUT2D eigenvalue weighted by molar-refractivity contribution is 6.26. The molecule has 0 unspecified atom stereocenters. The molecule has 9 aromatic carbocycles. The highest BCUT2D eigenvalue weighted by Gasteiger charge is 2.26. The van der Waals surface area contributed by atoms with Crippen molar-refractivity contribution in [3.63, 3.8) is 0 Å². The second kappa shape index (κ2) is 9.67. The molecule has 0 amide bonds. The molecule has 10 aromatic rings. The van der Waals surface area contributed by atoms with E-state index < -0.39 is 0 Å². The third kappa shape index (κ3) is 3.45. The molecule has 1 heterocycles. The fourth-order valence-corrected chi connectivity index (χ4v) is 8.77. The molecule has 1 aromatic heterocycles. The maximum Gasteiger partial charge on any atom is 0.0547 e. The van der Waals surface area contributed by atoms with Crippen LogP contribution in [-0.2, 0) is 6.42 Å². The van der Waals surface area contributed by atoms with E-state index in [-0.39, 0.29) is 0 Å². The van der Waals surface area contributed by atoms with Crippen molar-refractivity contribution in [2.24, 2.45) is 0 Å². The molecule has 1 aliphatic carbocycles. The van der Waals surface area contributed by atoms with Gasteiger partial charge >= 0.3 is 0 Å². The molecule has 1 heteroatoms. The Kier molecular flexibility index (Phi) is 5.23. The first-order chi connectivity index (χ1) is 23.8. The number of benzene rings is 9. The standard InChI is InChI=1S/C47H29N/c1-2-12-32-29(11-1)24-26-46-47(32)40-17-7-8-21-44(40)48(46)45-22-10-20-38-37-19-9-18-31(42(37)28-43(38)45)30-23-25-39-35-15-4-3-13-33(35)34-14-5-6-16-36(34)41(39)27-30/h1-27H,28H2. The summed E-state index contributed by atoms with van der Waals surface area (Å²) in [6.45, 7) is 0. The molecule has 1 aliphatic rings. The van der Waals surface area contributed by atoms with Crippen molar-refractivity contribution in [3.8, 4) is 27.9 Å². The predicted molar refractivity (Wildman–Crippen MR) is 204 cm³/mol. The van der Waals surface area contributed by atoms with Crippen molar-refractivity contribution in [1.82, 2.24) is 4.57 Å². The quantitative estimate of drug-likeness (QED) is 0.172. The maximum atomic E-state index is 2.51. The summed E-state index contributed by atoms with van der Waals surface area (Å²) in [5.41, 5.74) is 11.9. The summed E-state index contributed by atoms with van der Waals surface area (Å²) in [5.74, 6) is 0. The first-order valence-electron chi connectivity index (χ1n) is 16.8. The number of hydrogen-bond donors (Lipinski definition) is 0. The van der Waals surface area contributed by atoms with E-state index in [1.165, 1.54) is 104 Å². The molecule has 0 N–H and O–H groups in total. The van der Waals surface area contributed by atoms with E-state index in [2.05, 4.69) is 168 Å². The van der Waals surface area contributed by atoms with Crippen molar-refractivity contribution in [3.05, 3.63) is 175 Å². The summed E-state index contributed by atoms with van der Waals surface area (Å²) >= 11 is 0. The van der Waals surface area contributed by atoms with Gasteiger partial charge in [-0.15, -0.1) is 0 Å². The SMILES string of the molecule is c1cc(-c2ccc3c4ccccc4c4ccccc4c3c2)c2c(c1)-c1cccc(-n3c4ccccc4c4c5ccccc5ccc43)c1C2. The second-order valence-corrected chi connectivity index (χ2v) is 13.2. The van der Waals surface area contributed by atoms with Crippen molar-refractivity contribution < 1.29 is 0 Å². The minimum atomic E-state index is 0.898. The Hall–Kier alpha value is -6.18. The van der Waals surface area contributed by atoms with Crippen molar-refractivity contribution in [1.29, 1.82) is 0 Å². The molecule has 0 atom stereocenters. The Morgan fingerprint density at radius 3 is 1.71 bits per heavy atom. The van der Waals surface area contributed by atoms with Gasteiger partial charge in [-0.05, 0) is 101 Å². The first-order valence-corrected chi connectivity index (χ1v) is 16.8. The van der Waals surface area contributed by atoms with Crippen LogP contribution in [0.1, 0.15) is 11.1 Å². The van der Waals surface area contributed by atoms with Gasteiger partial charge in [0.05, 0.1) is 16.7 Å². The van der Waals surface area contributed by atoms with E-state index in [1.807, 2.05) is 0 Å². The molecule has 222 valence electrons. The van der Waals surface area contributed by atoms with Gasteiger partial charge in [0.15, 0.2) is 0 Å². The topological polar surface area (TPSA) is 4.93 Å². The fourth-order valence-electron chi connectivity index (χ4n) is 8.77. The average molecular weight is 608 g/mol. The van der Waals surface area contributed by atoms with Crippen LogP contribution in [-0.4, -0.2) is 4.57 Å². The number of aromatic nitrogens is 1. The number of fused-ring (bicyclic) bond motifs is 14. The average Bonchev–Trinajstić information content (AvgIpc) is 3.71. The molecule has 11 rings (SSSR count). The van der Waals surface area contributed by atoms with Crippen LogP contribution in [0.2, 0.25) is 0 Å². The van der Waals surface area contributed by atoms with Crippen LogP contribution in [0.15, 0.2) is 164 Å². The normalized spacial score (nSPS) is 12.5. The maximum absolute atomic E-state index is 2.51. The number of hydrogen-bond acceptors (Lipinski definition) is 0. The van der Waals surface area contributed by atoms with Gasteiger partial charge in [0.2, 0.25) is 0 Å². The molecule has 1 nitrogen and oxygen atoms in total. The highest BCUT2D eigenvalue weighted by atomic mass is 15.0. The van der Waals surface area contributed by atoms with Gasteiger partial charge in [0.25, 0.3) is 0 Å². The Balaban J connectivity index is 1.13. The summed E-state index contributed by atoms with van der Waals surface area (Å²) in [6.07, 6.45) is 0.898. The summed E-state index contributed by atoms with van der Waals surface area (Å²) < 4.78 is 2.51. The molecule has 0 saturated carbocycles. The van der Waals surface area contributed by atoms with E-state index in [0.29, 0.717) is 0 Å².